The van der Waals surface area contributed by atoms with Gasteiger partial charge in [0, 0.05) is 44.4 Å². The lowest BCUT2D eigenvalue weighted by atomic mass is 9.82. The number of fused-ring (bicyclic) bond motifs is 1. The van der Waals surface area contributed by atoms with Gasteiger partial charge in [-0.15, -0.1) is 0 Å². The molecule has 160 valence electrons. The number of ketones is 1. The molecule has 1 saturated heterocycles. The first-order chi connectivity index (χ1) is 14.2. The molecule has 1 N–H and O–H groups in total. The first kappa shape index (κ1) is 21.1. The van der Waals surface area contributed by atoms with Crippen LogP contribution in [0.25, 0.3) is 0 Å². The van der Waals surface area contributed by atoms with Crippen LogP contribution in [0.2, 0.25) is 5.15 Å². The van der Waals surface area contributed by atoms with E-state index in [1.54, 1.807) is 30.5 Å². The summed E-state index contributed by atoms with van der Waals surface area (Å²) in [5, 5.41) is 0.497. The molecule has 3 heterocycles. The third-order valence-corrected chi connectivity index (χ3v) is 6.50. The van der Waals surface area contributed by atoms with Gasteiger partial charge < -0.3 is 9.64 Å². The van der Waals surface area contributed by atoms with Gasteiger partial charge in [0.1, 0.15) is 16.5 Å². The SMILES string of the molecule is CS(=O)(=O)Nc1ccc2c(c1)C(=O)CC1(CCN(CCc3ccc(Cl)nc3)CC1)O2. The Labute approximate surface area is 181 Å². The first-order valence-corrected chi connectivity index (χ1v) is 12.2. The number of aromatic nitrogens is 1. The van der Waals surface area contributed by atoms with E-state index in [9.17, 15) is 13.2 Å². The number of carbonyl (C=O) groups is 1. The fourth-order valence-electron chi connectivity index (χ4n) is 4.08. The maximum Gasteiger partial charge on any atom is 0.229 e. The summed E-state index contributed by atoms with van der Waals surface area (Å²) < 4.78 is 31.6. The number of hydrogen-bond acceptors (Lipinski definition) is 6. The van der Waals surface area contributed by atoms with Gasteiger partial charge in [-0.05, 0) is 36.2 Å². The number of nitrogens with one attached hydrogen (secondary N) is 1. The minimum Gasteiger partial charge on any atom is -0.486 e. The first-order valence-electron chi connectivity index (χ1n) is 9.88. The number of ether oxygens (including phenoxy) is 1. The molecule has 9 heteroatoms. The average Bonchev–Trinajstić information content (AvgIpc) is 2.68. The number of halogens is 1. The molecular formula is C21H24ClN3O4S. The number of rotatable bonds is 5. The highest BCUT2D eigenvalue weighted by atomic mass is 35.5. The quantitative estimate of drug-likeness (QED) is 0.705. The van der Waals surface area contributed by atoms with Crippen molar-refractivity contribution in [3.05, 3.63) is 52.8 Å². The van der Waals surface area contributed by atoms with E-state index in [1.165, 1.54) is 0 Å². The number of carbonyl (C=O) groups excluding carboxylic acids is 1. The predicted molar refractivity (Wildman–Crippen MR) is 116 cm³/mol. The highest BCUT2D eigenvalue weighted by Gasteiger charge is 2.42. The smallest absolute Gasteiger partial charge is 0.229 e. The minimum atomic E-state index is -3.40. The number of piperidine rings is 1. The molecule has 2 aromatic rings. The summed E-state index contributed by atoms with van der Waals surface area (Å²) in [5.41, 5.74) is 1.48. The van der Waals surface area contributed by atoms with Gasteiger partial charge in [-0.25, -0.2) is 13.4 Å². The summed E-state index contributed by atoms with van der Waals surface area (Å²) in [6, 6.07) is 8.66. The third kappa shape index (κ3) is 4.94. The van der Waals surface area contributed by atoms with Crippen LogP contribution in [-0.2, 0) is 16.4 Å². The second-order valence-electron chi connectivity index (χ2n) is 8.05. The van der Waals surface area contributed by atoms with Gasteiger partial charge in [0.05, 0.1) is 18.2 Å². The standard InChI is InChI=1S/C21H24ClN3O4S/c1-30(27,28)24-16-3-4-19-17(12-16)18(26)13-21(29-19)7-10-25(11-8-21)9-6-15-2-5-20(22)23-14-15/h2-5,12,14,24H,6-11,13H2,1H3. The average molecular weight is 450 g/mol. The second-order valence-corrected chi connectivity index (χ2v) is 10.2. The maximum absolute atomic E-state index is 12.8. The minimum absolute atomic E-state index is 0.00547. The number of sulfonamides is 1. The molecule has 30 heavy (non-hydrogen) atoms. The largest absolute Gasteiger partial charge is 0.486 e. The molecule has 2 aliphatic heterocycles. The van der Waals surface area contributed by atoms with Gasteiger partial charge in [-0.3, -0.25) is 9.52 Å². The lowest BCUT2D eigenvalue weighted by Gasteiger charge is -2.44. The van der Waals surface area contributed by atoms with Gasteiger partial charge in [0.2, 0.25) is 10.0 Å². The third-order valence-electron chi connectivity index (χ3n) is 5.67. The Bertz CT molecular complexity index is 1050. The zero-order valence-electron chi connectivity index (χ0n) is 16.7. The van der Waals surface area contributed by atoms with Gasteiger partial charge >= 0.3 is 0 Å². The topological polar surface area (TPSA) is 88.6 Å². The van der Waals surface area contributed by atoms with Crippen molar-refractivity contribution in [2.24, 2.45) is 0 Å². The monoisotopic (exact) mass is 449 g/mol. The molecule has 0 atom stereocenters. The number of pyridine rings is 1. The lowest BCUT2D eigenvalue weighted by molar-refractivity contribution is -0.00865. The molecular weight excluding hydrogens is 426 g/mol. The van der Waals surface area contributed by atoms with E-state index in [2.05, 4.69) is 14.6 Å². The van der Waals surface area contributed by atoms with Crippen molar-refractivity contribution >= 4 is 33.1 Å². The molecule has 1 spiro atoms. The van der Waals surface area contributed by atoms with Crippen LogP contribution in [-0.4, -0.2) is 55.6 Å². The van der Waals surface area contributed by atoms with Crippen LogP contribution >= 0.6 is 11.6 Å². The Balaban J connectivity index is 1.38. The molecule has 1 aromatic heterocycles. The van der Waals surface area contributed by atoms with Crippen LogP contribution in [0, 0.1) is 0 Å². The number of Topliss-reactive ketones (excluding diaryl/α,β-unsaturated/α-hetero) is 1. The molecule has 0 radical (unpaired) electrons. The number of likely N-dealkylation sites (tertiary alicyclic amines) is 1. The molecule has 1 aromatic carbocycles. The number of nitrogens with zero attached hydrogens (tertiary/aromatic N) is 2. The Morgan fingerprint density at radius 2 is 2.00 bits per heavy atom. The molecule has 7 nitrogen and oxygen atoms in total. The summed E-state index contributed by atoms with van der Waals surface area (Å²) in [5.74, 6) is 0.528. The van der Waals surface area contributed by atoms with E-state index in [0.29, 0.717) is 28.6 Å². The zero-order chi connectivity index (χ0) is 21.4. The summed E-state index contributed by atoms with van der Waals surface area (Å²) in [7, 11) is -3.40. The highest BCUT2D eigenvalue weighted by molar-refractivity contribution is 7.92. The Morgan fingerprint density at radius 1 is 1.23 bits per heavy atom. The van der Waals surface area contributed by atoms with E-state index >= 15 is 0 Å². The Hall–Kier alpha value is -2.16. The second kappa shape index (κ2) is 8.17. The summed E-state index contributed by atoms with van der Waals surface area (Å²) in [4.78, 5) is 19.3. The normalized spacial score (nSPS) is 18.7. The van der Waals surface area contributed by atoms with Crippen LogP contribution in [0.4, 0.5) is 5.69 Å². The van der Waals surface area contributed by atoms with Crippen LogP contribution < -0.4 is 9.46 Å². The molecule has 0 aliphatic carbocycles. The Morgan fingerprint density at radius 3 is 2.67 bits per heavy atom. The summed E-state index contributed by atoms with van der Waals surface area (Å²) in [6.07, 6.45) is 5.66. The van der Waals surface area contributed by atoms with E-state index in [-0.39, 0.29) is 5.78 Å². The van der Waals surface area contributed by atoms with Crippen molar-refractivity contribution in [1.82, 2.24) is 9.88 Å². The zero-order valence-corrected chi connectivity index (χ0v) is 18.3. The molecule has 1 fully saturated rings. The van der Waals surface area contributed by atoms with Crippen molar-refractivity contribution in [1.29, 1.82) is 0 Å². The molecule has 0 bridgehead atoms. The molecule has 0 unspecified atom stereocenters. The predicted octanol–water partition coefficient (Wildman–Crippen LogP) is 3.15. The lowest BCUT2D eigenvalue weighted by Crippen LogP contribution is -2.51. The number of benzene rings is 1. The van der Waals surface area contributed by atoms with Crippen LogP contribution in [0.3, 0.4) is 0 Å². The maximum atomic E-state index is 12.8. The van der Waals surface area contributed by atoms with Gasteiger partial charge in [-0.1, -0.05) is 17.7 Å². The summed E-state index contributed by atoms with van der Waals surface area (Å²) in [6.45, 7) is 2.64. The van der Waals surface area contributed by atoms with E-state index in [0.717, 1.165) is 50.7 Å². The molecule has 4 rings (SSSR count). The molecule has 0 amide bonds. The number of hydrogen-bond donors (Lipinski definition) is 1. The van der Waals surface area contributed by atoms with Crippen molar-refractivity contribution < 1.29 is 17.9 Å². The fourth-order valence-corrected chi connectivity index (χ4v) is 4.74. The highest BCUT2D eigenvalue weighted by Crippen LogP contribution is 2.40. The van der Waals surface area contributed by atoms with Crippen molar-refractivity contribution in [2.45, 2.75) is 31.3 Å². The summed E-state index contributed by atoms with van der Waals surface area (Å²) >= 11 is 5.83. The van der Waals surface area contributed by atoms with Crippen LogP contribution in [0.5, 0.6) is 5.75 Å². The van der Waals surface area contributed by atoms with Crippen LogP contribution in [0.15, 0.2) is 36.5 Å². The molecule has 2 aliphatic rings. The van der Waals surface area contributed by atoms with Crippen molar-refractivity contribution in [3.8, 4) is 5.75 Å². The van der Waals surface area contributed by atoms with Crippen molar-refractivity contribution in [2.75, 3.05) is 30.6 Å². The fraction of sp³-hybridized carbons (Fsp3) is 0.429. The van der Waals surface area contributed by atoms with Crippen molar-refractivity contribution in [3.63, 3.8) is 0 Å². The van der Waals surface area contributed by atoms with Gasteiger partial charge in [0.15, 0.2) is 5.78 Å². The van der Waals surface area contributed by atoms with E-state index < -0.39 is 15.6 Å². The van der Waals surface area contributed by atoms with Gasteiger partial charge in [-0.2, -0.15) is 0 Å². The van der Waals surface area contributed by atoms with Gasteiger partial charge in [0.25, 0.3) is 0 Å². The van der Waals surface area contributed by atoms with E-state index in [1.807, 2.05) is 6.07 Å². The van der Waals surface area contributed by atoms with Crippen LogP contribution in [0.1, 0.15) is 35.2 Å². The Kier molecular flexibility index (Phi) is 5.74. The van der Waals surface area contributed by atoms with E-state index in [4.69, 9.17) is 16.3 Å². The number of anilines is 1. The molecule has 0 saturated carbocycles.